The molecule has 14 aromatic carbocycles. The molecule has 0 amide bonds. The summed E-state index contributed by atoms with van der Waals surface area (Å²) in [5.74, 6) is 3.45. The maximum absolute atomic E-state index is 6.75. The lowest BCUT2D eigenvalue weighted by molar-refractivity contribution is 0.434. The summed E-state index contributed by atoms with van der Waals surface area (Å²) in [6.45, 7) is 0. The monoisotopic (exact) mass is 1020 g/mol. The van der Waals surface area contributed by atoms with Gasteiger partial charge in [-0.25, -0.2) is 0 Å². The van der Waals surface area contributed by atoms with E-state index in [-0.39, 0.29) is 0 Å². The lowest BCUT2D eigenvalue weighted by Crippen LogP contribution is -2.34. The van der Waals surface area contributed by atoms with Gasteiger partial charge in [0.15, 0.2) is 0 Å². The predicted molar refractivity (Wildman–Crippen MR) is 330 cm³/mol. The van der Waals surface area contributed by atoms with Crippen molar-refractivity contribution in [3.63, 3.8) is 0 Å². The zero-order chi connectivity index (χ0) is 52.8. The molecular formula is C78H50O2. The molecule has 14 aromatic rings. The van der Waals surface area contributed by atoms with Crippen molar-refractivity contribution in [1.82, 2.24) is 0 Å². The molecule has 0 saturated heterocycles. The van der Waals surface area contributed by atoms with Gasteiger partial charge in [0.05, 0.1) is 10.8 Å². The van der Waals surface area contributed by atoms with Gasteiger partial charge in [0.1, 0.15) is 23.0 Å². The van der Waals surface area contributed by atoms with Crippen molar-refractivity contribution < 1.29 is 9.47 Å². The summed E-state index contributed by atoms with van der Waals surface area (Å²) >= 11 is 0. The van der Waals surface area contributed by atoms with E-state index in [1.54, 1.807) is 0 Å². The number of benzene rings is 14. The number of hydrogen-bond acceptors (Lipinski definition) is 2. The van der Waals surface area contributed by atoms with Crippen LogP contribution in [0.4, 0.5) is 0 Å². The molecule has 374 valence electrons. The average molecular weight is 1020 g/mol. The van der Waals surface area contributed by atoms with Crippen LogP contribution in [0.1, 0.15) is 44.5 Å². The normalized spacial score (nSPS) is 13.7. The van der Waals surface area contributed by atoms with Crippen LogP contribution in [0.15, 0.2) is 303 Å². The van der Waals surface area contributed by atoms with E-state index < -0.39 is 10.8 Å². The van der Waals surface area contributed by atoms with Crippen molar-refractivity contribution >= 4 is 43.1 Å². The van der Waals surface area contributed by atoms with Gasteiger partial charge < -0.3 is 9.47 Å². The van der Waals surface area contributed by atoms with Crippen molar-refractivity contribution in [2.45, 2.75) is 10.8 Å². The lowest BCUT2D eigenvalue weighted by Gasteiger charge is -2.41. The van der Waals surface area contributed by atoms with Crippen LogP contribution in [0.3, 0.4) is 0 Å². The van der Waals surface area contributed by atoms with Gasteiger partial charge in [-0.2, -0.15) is 0 Å². The van der Waals surface area contributed by atoms with E-state index in [1.807, 2.05) is 0 Å². The molecule has 0 aliphatic carbocycles. The van der Waals surface area contributed by atoms with Crippen LogP contribution in [0.5, 0.6) is 23.0 Å². The zero-order valence-corrected chi connectivity index (χ0v) is 43.7. The van der Waals surface area contributed by atoms with E-state index >= 15 is 0 Å². The third kappa shape index (κ3) is 6.73. The Morgan fingerprint density at radius 1 is 0.212 bits per heavy atom. The minimum absolute atomic E-state index is 0.673. The van der Waals surface area contributed by atoms with Gasteiger partial charge in [-0.3, -0.25) is 0 Å². The molecule has 2 nitrogen and oxygen atoms in total. The molecule has 16 rings (SSSR count). The predicted octanol–water partition coefficient (Wildman–Crippen LogP) is 20.3. The standard InChI is InChI=1S/C78H50O2/c1-3-27-55(28-4-1)77(67-39-11-15-43-71(67)79-72-44-16-12-40-68(72)77)57-31-19-25-53(48-57)59-35-21-37-63-65(59)50-66-60(36-22-38-64(66)76(63)75-61-33-9-7-23-51(61)47-52-24-8-10-34-62(52)75)54-26-20-32-58(49-54)78(56-29-5-2-6-30-56)69-41-13-17-45-73(69)80-74-46-18-14-42-70(74)78/h1-50H. The molecule has 0 spiro atoms. The third-order valence-corrected chi connectivity index (χ3v) is 17.3. The molecule has 0 radical (unpaired) electrons. The van der Waals surface area contributed by atoms with Gasteiger partial charge in [0.25, 0.3) is 0 Å². The Labute approximate surface area is 465 Å². The highest BCUT2D eigenvalue weighted by atomic mass is 16.5. The molecule has 0 saturated carbocycles. The maximum Gasteiger partial charge on any atom is 0.132 e. The third-order valence-electron chi connectivity index (χ3n) is 17.3. The first kappa shape index (κ1) is 45.9. The average Bonchev–Trinajstić information content (AvgIpc) is 3.69. The van der Waals surface area contributed by atoms with Crippen molar-refractivity contribution in [1.29, 1.82) is 0 Å². The van der Waals surface area contributed by atoms with Gasteiger partial charge in [0.2, 0.25) is 0 Å². The molecule has 2 heteroatoms. The summed E-state index contributed by atoms with van der Waals surface area (Å²) in [5, 5.41) is 9.64. The van der Waals surface area contributed by atoms with Crippen LogP contribution >= 0.6 is 0 Å². The van der Waals surface area contributed by atoms with Gasteiger partial charge >= 0.3 is 0 Å². The topological polar surface area (TPSA) is 18.5 Å². The Morgan fingerprint density at radius 3 is 0.963 bits per heavy atom. The molecule has 0 fully saturated rings. The molecule has 2 heterocycles. The molecule has 0 atom stereocenters. The van der Waals surface area contributed by atoms with Crippen LogP contribution in [-0.2, 0) is 10.8 Å². The van der Waals surface area contributed by atoms with Crippen molar-refractivity contribution in [3.05, 3.63) is 348 Å². The first-order chi connectivity index (χ1) is 39.7. The first-order valence-corrected chi connectivity index (χ1v) is 27.6. The molecular weight excluding hydrogens is 969 g/mol. The number of hydrogen-bond donors (Lipinski definition) is 0. The van der Waals surface area contributed by atoms with Gasteiger partial charge in [-0.05, 0) is 147 Å². The maximum atomic E-state index is 6.75. The summed E-state index contributed by atoms with van der Waals surface area (Å²) in [6.07, 6.45) is 0. The summed E-state index contributed by atoms with van der Waals surface area (Å²) < 4.78 is 13.5. The number of para-hydroxylation sites is 4. The van der Waals surface area contributed by atoms with E-state index in [2.05, 4.69) is 303 Å². The highest BCUT2D eigenvalue weighted by Crippen LogP contribution is 2.58. The molecule has 0 N–H and O–H groups in total. The molecule has 2 aliphatic heterocycles. The minimum Gasteiger partial charge on any atom is -0.457 e. The van der Waals surface area contributed by atoms with Gasteiger partial charge in [-0.1, -0.05) is 255 Å². The second-order valence-electron chi connectivity index (χ2n) is 21.3. The molecule has 0 bridgehead atoms. The fourth-order valence-corrected chi connectivity index (χ4v) is 14.0. The van der Waals surface area contributed by atoms with E-state index in [0.717, 1.165) is 67.5 Å². The second kappa shape index (κ2) is 18.2. The molecule has 0 unspecified atom stereocenters. The van der Waals surface area contributed by atoms with Crippen LogP contribution in [-0.4, -0.2) is 0 Å². The zero-order valence-electron chi connectivity index (χ0n) is 43.7. The SMILES string of the molecule is c1ccc(C2(c3cccc(-c4cccc5c(-c6c7ccccc7cc7ccccc67)c6cccc(-c7cccc(C8(c9ccccc9)c9ccccc9Oc9ccccc98)c7)c6cc45)c3)c3ccccc3Oc3ccccc32)cc1. The number of fused-ring (bicyclic) bond motifs is 8. The minimum atomic E-state index is -0.673. The second-order valence-corrected chi connectivity index (χ2v) is 21.3. The Morgan fingerprint density at radius 2 is 0.537 bits per heavy atom. The first-order valence-electron chi connectivity index (χ1n) is 27.6. The fraction of sp³-hybridized carbons (Fsp3) is 0.0256. The van der Waals surface area contributed by atoms with Crippen LogP contribution in [0.2, 0.25) is 0 Å². The van der Waals surface area contributed by atoms with Crippen molar-refractivity contribution in [2.24, 2.45) is 0 Å². The Kier molecular flexibility index (Phi) is 10.4. The Hall–Kier alpha value is -10.3. The summed E-state index contributed by atoms with van der Waals surface area (Å²) in [5.41, 5.74) is 14.9. The smallest absolute Gasteiger partial charge is 0.132 e. The fourth-order valence-electron chi connectivity index (χ4n) is 14.0. The Balaban J connectivity index is 0.994. The number of ether oxygens (including phenoxy) is 2. The highest BCUT2D eigenvalue weighted by molar-refractivity contribution is 6.26. The van der Waals surface area contributed by atoms with Crippen molar-refractivity contribution in [2.75, 3.05) is 0 Å². The Bertz CT molecular complexity index is 4400. The van der Waals surface area contributed by atoms with E-state index in [1.165, 1.54) is 76.5 Å². The summed E-state index contributed by atoms with van der Waals surface area (Å²) in [7, 11) is 0. The van der Waals surface area contributed by atoms with Crippen molar-refractivity contribution in [3.8, 4) is 56.4 Å². The van der Waals surface area contributed by atoms with Gasteiger partial charge in [-0.15, -0.1) is 0 Å². The molecule has 0 aromatic heterocycles. The molecule has 2 aliphatic rings. The summed E-state index contributed by atoms with van der Waals surface area (Å²) in [4.78, 5) is 0. The van der Waals surface area contributed by atoms with E-state index in [9.17, 15) is 0 Å². The highest BCUT2D eigenvalue weighted by Gasteiger charge is 2.47. The van der Waals surface area contributed by atoms with Crippen LogP contribution in [0.25, 0.3) is 76.5 Å². The summed E-state index contributed by atoms with van der Waals surface area (Å²) in [6, 6.07) is 111. The van der Waals surface area contributed by atoms with Crippen LogP contribution in [0, 0.1) is 0 Å². The van der Waals surface area contributed by atoms with E-state index in [0.29, 0.717) is 0 Å². The van der Waals surface area contributed by atoms with E-state index in [4.69, 9.17) is 9.47 Å². The lowest BCUT2D eigenvalue weighted by atomic mass is 9.63. The van der Waals surface area contributed by atoms with Gasteiger partial charge in [0, 0.05) is 22.3 Å². The molecule has 80 heavy (non-hydrogen) atoms. The van der Waals surface area contributed by atoms with Crippen LogP contribution < -0.4 is 9.47 Å². The number of rotatable bonds is 7. The quantitative estimate of drug-likeness (QED) is 0.148. The largest absolute Gasteiger partial charge is 0.457 e.